The van der Waals surface area contributed by atoms with Gasteiger partial charge in [0, 0.05) is 19.6 Å². The van der Waals surface area contributed by atoms with E-state index in [9.17, 15) is 14.4 Å². The molecule has 7 nitrogen and oxygen atoms in total. The van der Waals surface area contributed by atoms with E-state index in [4.69, 9.17) is 4.74 Å². The van der Waals surface area contributed by atoms with Gasteiger partial charge in [0.15, 0.2) is 0 Å². The Morgan fingerprint density at radius 2 is 1.50 bits per heavy atom. The van der Waals surface area contributed by atoms with Gasteiger partial charge in [-0.3, -0.25) is 10.1 Å². The first kappa shape index (κ1) is 21.4. The van der Waals surface area contributed by atoms with E-state index in [0.717, 1.165) is 11.1 Å². The molecule has 4 rings (SSSR count). The molecule has 0 bridgehead atoms. The van der Waals surface area contributed by atoms with Gasteiger partial charge in [0.05, 0.1) is 0 Å². The van der Waals surface area contributed by atoms with E-state index in [0.29, 0.717) is 32.5 Å². The van der Waals surface area contributed by atoms with Gasteiger partial charge in [-0.2, -0.15) is 0 Å². The predicted molar refractivity (Wildman–Crippen MR) is 112 cm³/mol. The molecular weight excluding hydrogens is 382 g/mol. The molecule has 0 aromatic heterocycles. The van der Waals surface area contributed by atoms with Crippen LogP contribution in [0.1, 0.15) is 31.4 Å². The Kier molecular flexibility index (Phi) is 6.40. The van der Waals surface area contributed by atoms with E-state index in [1.807, 2.05) is 60.7 Å². The number of hydrogen-bond donors (Lipinski definition) is 1. The molecule has 0 aliphatic carbocycles. The Balaban J connectivity index is 0.00000256. The van der Waals surface area contributed by atoms with Gasteiger partial charge in [0.25, 0.3) is 5.91 Å². The van der Waals surface area contributed by atoms with Gasteiger partial charge in [-0.15, -0.1) is 0 Å². The van der Waals surface area contributed by atoms with Crippen LogP contribution in [0.2, 0.25) is 0 Å². The summed E-state index contributed by atoms with van der Waals surface area (Å²) >= 11 is 0. The summed E-state index contributed by atoms with van der Waals surface area (Å²) in [5.41, 5.74) is 0.967. The second-order valence-corrected chi connectivity index (χ2v) is 7.39. The van der Waals surface area contributed by atoms with Crippen molar-refractivity contribution in [3.8, 4) is 0 Å². The predicted octanol–water partition coefficient (Wildman–Crippen LogP) is 3.55. The quantitative estimate of drug-likeness (QED) is 0.784. The normalized spacial score (nSPS) is 17.5. The number of ether oxygens (including phenoxy) is 1. The number of carbonyl (C=O) groups excluding carboxylic acids is 3. The number of likely N-dealkylation sites (tertiary alicyclic amines) is 1. The summed E-state index contributed by atoms with van der Waals surface area (Å²) in [6, 6.07) is 18.7. The number of nitrogens with one attached hydrogen (secondary N) is 1. The van der Waals surface area contributed by atoms with Gasteiger partial charge >= 0.3 is 12.1 Å². The van der Waals surface area contributed by atoms with Gasteiger partial charge in [-0.1, -0.05) is 68.1 Å². The molecule has 1 N–H and O–H groups in total. The largest absolute Gasteiger partial charge is 0.445 e. The zero-order valence-electron chi connectivity index (χ0n) is 16.0. The topological polar surface area (TPSA) is 79.0 Å². The third-order valence-electron chi connectivity index (χ3n) is 5.64. The zero-order valence-corrected chi connectivity index (χ0v) is 16.0. The van der Waals surface area contributed by atoms with Crippen molar-refractivity contribution in [2.45, 2.75) is 39.0 Å². The lowest BCUT2D eigenvalue weighted by molar-refractivity contribution is -0.129. The highest BCUT2D eigenvalue weighted by molar-refractivity contribution is 6.07. The first-order valence-corrected chi connectivity index (χ1v) is 9.71. The van der Waals surface area contributed by atoms with Crippen LogP contribution in [-0.4, -0.2) is 46.5 Å². The van der Waals surface area contributed by atoms with Gasteiger partial charge in [0.1, 0.15) is 12.1 Å². The maximum atomic E-state index is 12.6. The summed E-state index contributed by atoms with van der Waals surface area (Å²) < 4.78 is 5.39. The number of amides is 4. The van der Waals surface area contributed by atoms with Crippen LogP contribution in [0.4, 0.5) is 9.59 Å². The van der Waals surface area contributed by atoms with E-state index >= 15 is 0 Å². The summed E-state index contributed by atoms with van der Waals surface area (Å²) in [5, 5.41) is 2.45. The van der Waals surface area contributed by atoms with Crippen LogP contribution in [0.25, 0.3) is 0 Å². The van der Waals surface area contributed by atoms with Crippen LogP contribution in [-0.2, 0) is 22.7 Å². The Bertz CT molecular complexity index is 893. The number of rotatable bonds is 4. The second kappa shape index (κ2) is 8.98. The summed E-state index contributed by atoms with van der Waals surface area (Å²) in [7, 11) is 0. The number of benzene rings is 2. The summed E-state index contributed by atoms with van der Waals surface area (Å²) in [4.78, 5) is 40.7. The van der Waals surface area contributed by atoms with Gasteiger partial charge < -0.3 is 14.5 Å². The second-order valence-electron chi connectivity index (χ2n) is 7.39. The fraction of sp³-hybridized carbons (Fsp3) is 0.348. The third kappa shape index (κ3) is 4.15. The lowest BCUT2D eigenvalue weighted by Gasteiger charge is -2.41. The minimum Gasteiger partial charge on any atom is -0.445 e. The zero-order chi connectivity index (χ0) is 20.3. The number of imide groups is 1. The number of carbonyl (C=O) groups is 3. The standard InChI is InChI=1S/C22H23N3O4.CH4/c26-19-22(25(20(27)23-19)15-17-7-3-1-4-8-17)11-13-24(14-12-22)21(28)29-16-18-9-5-2-6-10-18;/h1-10H,11-16H2,(H,23,26,27);1H4. The number of hydrogen-bond acceptors (Lipinski definition) is 4. The minimum absolute atomic E-state index is 0. The van der Waals surface area contributed by atoms with Gasteiger partial charge in [0.2, 0.25) is 0 Å². The van der Waals surface area contributed by atoms with Gasteiger partial charge in [-0.05, 0) is 24.0 Å². The van der Waals surface area contributed by atoms with Crippen molar-refractivity contribution in [3.63, 3.8) is 0 Å². The van der Waals surface area contributed by atoms with Crippen molar-refractivity contribution in [1.82, 2.24) is 15.1 Å². The molecule has 2 heterocycles. The van der Waals surface area contributed by atoms with Crippen molar-refractivity contribution < 1.29 is 19.1 Å². The molecule has 2 aliphatic rings. The summed E-state index contributed by atoms with van der Waals surface area (Å²) in [5.74, 6) is -0.282. The summed E-state index contributed by atoms with van der Waals surface area (Å²) in [6.45, 7) is 1.29. The van der Waals surface area contributed by atoms with E-state index < -0.39 is 11.6 Å². The van der Waals surface area contributed by atoms with E-state index in [-0.39, 0.29) is 26.0 Å². The molecule has 30 heavy (non-hydrogen) atoms. The molecule has 0 unspecified atom stereocenters. The molecule has 1 spiro atoms. The van der Waals surface area contributed by atoms with Crippen LogP contribution in [0.15, 0.2) is 60.7 Å². The first-order chi connectivity index (χ1) is 14.1. The highest BCUT2D eigenvalue weighted by atomic mass is 16.6. The Hall–Kier alpha value is -3.35. The maximum absolute atomic E-state index is 12.6. The van der Waals surface area contributed by atoms with E-state index in [1.165, 1.54) is 0 Å². The molecule has 2 aliphatic heterocycles. The van der Waals surface area contributed by atoms with Crippen molar-refractivity contribution in [2.24, 2.45) is 0 Å². The van der Waals surface area contributed by atoms with Gasteiger partial charge in [-0.25, -0.2) is 9.59 Å². The van der Waals surface area contributed by atoms with Crippen LogP contribution in [0.5, 0.6) is 0 Å². The van der Waals surface area contributed by atoms with Crippen molar-refractivity contribution >= 4 is 18.0 Å². The van der Waals surface area contributed by atoms with Crippen LogP contribution < -0.4 is 5.32 Å². The molecule has 158 valence electrons. The molecular formula is C23H27N3O4. The SMILES string of the molecule is C.O=C(OCc1ccccc1)N1CCC2(CC1)C(=O)NC(=O)N2Cc1ccccc1. The molecule has 4 amide bonds. The molecule has 0 atom stereocenters. The highest BCUT2D eigenvalue weighted by Crippen LogP contribution is 2.34. The average Bonchev–Trinajstić information content (AvgIpc) is 2.98. The Labute approximate surface area is 176 Å². The monoisotopic (exact) mass is 409 g/mol. The fourth-order valence-corrected chi connectivity index (χ4v) is 3.95. The molecule has 0 radical (unpaired) electrons. The fourth-order valence-electron chi connectivity index (χ4n) is 3.95. The molecule has 0 saturated carbocycles. The molecule has 2 saturated heterocycles. The van der Waals surface area contributed by atoms with Crippen LogP contribution in [0.3, 0.4) is 0 Å². The maximum Gasteiger partial charge on any atom is 0.410 e. The van der Waals surface area contributed by atoms with Crippen molar-refractivity contribution in [3.05, 3.63) is 71.8 Å². The van der Waals surface area contributed by atoms with Crippen LogP contribution >= 0.6 is 0 Å². The average molecular weight is 409 g/mol. The minimum atomic E-state index is -0.914. The number of urea groups is 1. The molecule has 2 fully saturated rings. The lowest BCUT2D eigenvalue weighted by Crippen LogP contribution is -2.57. The lowest BCUT2D eigenvalue weighted by atomic mass is 9.86. The number of nitrogens with zero attached hydrogens (tertiary/aromatic N) is 2. The molecule has 2 aromatic rings. The highest BCUT2D eigenvalue weighted by Gasteiger charge is 2.54. The van der Waals surface area contributed by atoms with Crippen molar-refractivity contribution in [2.75, 3.05) is 13.1 Å². The third-order valence-corrected chi connectivity index (χ3v) is 5.64. The number of piperidine rings is 1. The van der Waals surface area contributed by atoms with Crippen molar-refractivity contribution in [1.29, 1.82) is 0 Å². The Morgan fingerprint density at radius 1 is 0.933 bits per heavy atom. The van der Waals surface area contributed by atoms with E-state index in [2.05, 4.69) is 5.32 Å². The molecule has 2 aromatic carbocycles. The molecule has 7 heteroatoms. The first-order valence-electron chi connectivity index (χ1n) is 9.71. The summed E-state index contributed by atoms with van der Waals surface area (Å²) in [6.07, 6.45) is 0.374. The van der Waals surface area contributed by atoms with E-state index in [1.54, 1.807) is 9.80 Å². The van der Waals surface area contributed by atoms with Crippen LogP contribution in [0, 0.1) is 0 Å². The Morgan fingerprint density at radius 3 is 2.10 bits per heavy atom. The smallest absolute Gasteiger partial charge is 0.410 e.